The fourth-order valence-corrected chi connectivity index (χ4v) is 3.56. The van der Waals surface area contributed by atoms with Crippen LogP contribution in [-0.4, -0.2) is 30.5 Å². The number of ketones is 1. The summed E-state index contributed by atoms with van der Waals surface area (Å²) in [6, 6.07) is 5.47. The summed E-state index contributed by atoms with van der Waals surface area (Å²) in [6.07, 6.45) is 0.379. The number of rotatable bonds is 7. The first kappa shape index (κ1) is 17.4. The van der Waals surface area contributed by atoms with Crippen molar-refractivity contribution in [2.75, 3.05) is 0 Å². The lowest BCUT2D eigenvalue weighted by molar-refractivity contribution is -0.136. The van der Waals surface area contributed by atoms with E-state index >= 15 is 0 Å². The lowest BCUT2D eigenvalue weighted by atomic mass is 10.0. The van der Waals surface area contributed by atoms with Gasteiger partial charge in [-0.05, 0) is 24.5 Å². The first-order valence-electron chi connectivity index (χ1n) is 6.80. The molecule has 0 amide bonds. The van der Waals surface area contributed by atoms with E-state index < -0.39 is 21.1 Å². The van der Waals surface area contributed by atoms with Gasteiger partial charge in [-0.1, -0.05) is 32.9 Å². The van der Waals surface area contributed by atoms with Gasteiger partial charge in [0.05, 0.1) is 4.90 Å². The van der Waals surface area contributed by atoms with E-state index in [0.717, 1.165) is 0 Å². The largest absolute Gasteiger partial charge is 0.480 e. The van der Waals surface area contributed by atoms with Gasteiger partial charge in [0, 0.05) is 12.0 Å². The Bertz CT molecular complexity index is 614. The van der Waals surface area contributed by atoms with Crippen LogP contribution >= 0.6 is 0 Å². The second kappa shape index (κ2) is 6.85. The summed E-state index contributed by atoms with van der Waals surface area (Å²) in [5, 5.41) is 7.52. The minimum Gasteiger partial charge on any atom is -0.480 e. The Labute approximate surface area is 124 Å². The number of sulfone groups is 1. The van der Waals surface area contributed by atoms with E-state index in [4.69, 9.17) is 5.11 Å². The van der Waals surface area contributed by atoms with Crippen LogP contribution in [0.25, 0.3) is 0 Å². The van der Waals surface area contributed by atoms with Crippen LogP contribution in [0.4, 0.5) is 0 Å². The third kappa shape index (κ3) is 4.14. The van der Waals surface area contributed by atoms with Crippen LogP contribution in [0.3, 0.4) is 0 Å². The highest BCUT2D eigenvalue weighted by molar-refractivity contribution is 7.92. The van der Waals surface area contributed by atoms with E-state index in [0.29, 0.717) is 12.0 Å². The molecule has 0 fully saturated rings. The Morgan fingerprint density at radius 1 is 1.14 bits per heavy atom. The highest BCUT2D eigenvalue weighted by atomic mass is 32.2. The van der Waals surface area contributed by atoms with Gasteiger partial charge < -0.3 is 5.11 Å². The number of carboxylic acid groups (broad SMARTS) is 1. The molecule has 0 aromatic heterocycles. The van der Waals surface area contributed by atoms with Crippen LogP contribution in [0.1, 0.15) is 44.0 Å². The van der Waals surface area contributed by atoms with Crippen LogP contribution in [0.15, 0.2) is 29.2 Å². The van der Waals surface area contributed by atoms with Crippen molar-refractivity contribution < 1.29 is 23.1 Å². The summed E-state index contributed by atoms with van der Waals surface area (Å²) in [5.41, 5.74) is 0.436. The zero-order valence-corrected chi connectivity index (χ0v) is 13.2. The fraction of sp³-hybridized carbons (Fsp3) is 0.467. The van der Waals surface area contributed by atoms with Crippen LogP contribution in [0.5, 0.6) is 0 Å². The summed E-state index contributed by atoms with van der Waals surface area (Å²) in [7, 11) is -3.93. The molecule has 1 rings (SSSR count). The first-order chi connectivity index (χ1) is 9.70. The minimum absolute atomic E-state index is 0.00824. The SMILES string of the molecule is CCC(C(=O)O)S(=O)(=O)c1ccc(C(=O)CC(C)C)cc1. The molecule has 0 aliphatic carbocycles. The summed E-state index contributed by atoms with van der Waals surface area (Å²) < 4.78 is 24.4. The summed E-state index contributed by atoms with van der Waals surface area (Å²) >= 11 is 0. The molecule has 6 heteroatoms. The second-order valence-electron chi connectivity index (χ2n) is 5.33. The van der Waals surface area contributed by atoms with Gasteiger partial charge in [-0.25, -0.2) is 8.42 Å². The molecule has 1 N–H and O–H groups in total. The van der Waals surface area contributed by atoms with Crippen LogP contribution in [0.2, 0.25) is 0 Å². The van der Waals surface area contributed by atoms with Crippen molar-refractivity contribution in [2.24, 2.45) is 5.92 Å². The maximum Gasteiger partial charge on any atom is 0.322 e. The molecule has 1 aromatic carbocycles. The van der Waals surface area contributed by atoms with Crippen molar-refractivity contribution in [3.63, 3.8) is 0 Å². The lowest BCUT2D eigenvalue weighted by Crippen LogP contribution is -2.29. The molecule has 1 aromatic rings. The molecule has 21 heavy (non-hydrogen) atoms. The van der Waals surface area contributed by atoms with Gasteiger partial charge in [-0.2, -0.15) is 0 Å². The van der Waals surface area contributed by atoms with Gasteiger partial charge in [-0.3, -0.25) is 9.59 Å². The number of aliphatic carboxylic acids is 1. The molecule has 0 saturated heterocycles. The number of carbonyl (C=O) groups excluding carboxylic acids is 1. The number of carboxylic acids is 1. The third-order valence-corrected chi connectivity index (χ3v) is 5.33. The predicted molar refractivity (Wildman–Crippen MR) is 79.1 cm³/mol. The number of benzene rings is 1. The standard InChI is InChI=1S/C15H20O5S/c1-4-14(15(17)18)21(19,20)12-7-5-11(6-8-12)13(16)9-10(2)3/h5-8,10,14H,4,9H2,1-3H3,(H,17,18). The Kier molecular flexibility index (Phi) is 5.66. The highest BCUT2D eigenvalue weighted by Crippen LogP contribution is 2.20. The van der Waals surface area contributed by atoms with Crippen LogP contribution < -0.4 is 0 Å². The summed E-state index contributed by atoms with van der Waals surface area (Å²) in [6.45, 7) is 5.36. The number of hydrogen-bond acceptors (Lipinski definition) is 4. The molecule has 0 aliphatic rings. The van der Waals surface area contributed by atoms with Gasteiger partial charge in [0.2, 0.25) is 0 Å². The number of Topliss-reactive ketones (excluding diaryl/α,β-unsaturated/α-hetero) is 1. The van der Waals surface area contributed by atoms with Crippen molar-refractivity contribution in [1.29, 1.82) is 0 Å². The van der Waals surface area contributed by atoms with Crippen molar-refractivity contribution >= 4 is 21.6 Å². The topological polar surface area (TPSA) is 88.5 Å². The third-order valence-electron chi connectivity index (χ3n) is 3.12. The van der Waals surface area contributed by atoms with Crippen molar-refractivity contribution in [2.45, 2.75) is 43.8 Å². The molecular weight excluding hydrogens is 292 g/mol. The second-order valence-corrected chi connectivity index (χ2v) is 7.46. The number of hydrogen-bond donors (Lipinski definition) is 1. The monoisotopic (exact) mass is 312 g/mol. The van der Waals surface area contributed by atoms with Gasteiger partial charge in [-0.15, -0.1) is 0 Å². The van der Waals surface area contributed by atoms with E-state index in [1.807, 2.05) is 13.8 Å². The maximum atomic E-state index is 12.2. The predicted octanol–water partition coefficient (Wildman–Crippen LogP) is 2.55. The lowest BCUT2D eigenvalue weighted by Gasteiger charge is -2.12. The molecule has 1 atom stereocenters. The molecule has 0 heterocycles. The molecule has 0 bridgehead atoms. The molecule has 5 nitrogen and oxygen atoms in total. The molecule has 0 aliphatic heterocycles. The van der Waals surface area contributed by atoms with Gasteiger partial charge in [0.1, 0.15) is 0 Å². The molecular formula is C15H20O5S. The summed E-state index contributed by atoms with van der Waals surface area (Å²) in [5.74, 6) is -1.20. The summed E-state index contributed by atoms with van der Waals surface area (Å²) in [4.78, 5) is 22.8. The van der Waals surface area contributed by atoms with Gasteiger partial charge in [0.25, 0.3) is 0 Å². The van der Waals surface area contributed by atoms with E-state index in [2.05, 4.69) is 0 Å². The number of carbonyl (C=O) groups is 2. The quantitative estimate of drug-likeness (QED) is 0.782. The normalized spacial score (nSPS) is 13.1. The Morgan fingerprint density at radius 2 is 1.67 bits per heavy atom. The highest BCUT2D eigenvalue weighted by Gasteiger charge is 2.32. The minimum atomic E-state index is -3.93. The Morgan fingerprint density at radius 3 is 2.05 bits per heavy atom. The Hall–Kier alpha value is -1.69. The average molecular weight is 312 g/mol. The van der Waals surface area contributed by atoms with Crippen molar-refractivity contribution in [3.8, 4) is 0 Å². The first-order valence-corrected chi connectivity index (χ1v) is 8.34. The maximum absolute atomic E-state index is 12.2. The average Bonchev–Trinajstić information content (AvgIpc) is 2.38. The van der Waals surface area contributed by atoms with E-state index in [-0.39, 0.29) is 23.0 Å². The molecule has 0 radical (unpaired) electrons. The van der Waals surface area contributed by atoms with Crippen LogP contribution in [-0.2, 0) is 14.6 Å². The van der Waals surface area contributed by atoms with E-state index in [9.17, 15) is 18.0 Å². The molecule has 0 saturated carbocycles. The van der Waals surface area contributed by atoms with Gasteiger partial charge in [0.15, 0.2) is 20.9 Å². The zero-order chi connectivity index (χ0) is 16.2. The van der Waals surface area contributed by atoms with Crippen molar-refractivity contribution in [3.05, 3.63) is 29.8 Å². The zero-order valence-electron chi connectivity index (χ0n) is 12.4. The van der Waals surface area contributed by atoms with Crippen molar-refractivity contribution in [1.82, 2.24) is 0 Å². The van der Waals surface area contributed by atoms with E-state index in [1.54, 1.807) is 0 Å². The molecule has 0 spiro atoms. The smallest absolute Gasteiger partial charge is 0.322 e. The van der Waals surface area contributed by atoms with Crippen LogP contribution in [0, 0.1) is 5.92 Å². The molecule has 116 valence electrons. The molecule has 1 unspecified atom stereocenters. The van der Waals surface area contributed by atoms with E-state index in [1.165, 1.54) is 31.2 Å². The Balaban J connectivity index is 3.07. The van der Waals surface area contributed by atoms with Gasteiger partial charge >= 0.3 is 5.97 Å². The fourth-order valence-electron chi connectivity index (χ4n) is 2.01.